The Morgan fingerprint density at radius 3 is 2.60 bits per heavy atom. The van der Waals surface area contributed by atoms with Gasteiger partial charge >= 0.3 is 0 Å². The summed E-state index contributed by atoms with van der Waals surface area (Å²) in [5.41, 5.74) is 1.04. The number of carbonyl (C=O) groups is 1. The average molecular weight is 368 g/mol. The van der Waals surface area contributed by atoms with Crippen LogP contribution in [0.4, 0.5) is 0 Å². The zero-order valence-corrected chi connectivity index (χ0v) is 16.3. The summed E-state index contributed by atoms with van der Waals surface area (Å²) in [6.07, 6.45) is 0.878. The molecule has 1 aliphatic heterocycles. The highest BCUT2D eigenvalue weighted by Gasteiger charge is 2.26. The van der Waals surface area contributed by atoms with Crippen LogP contribution in [0.1, 0.15) is 43.1 Å². The fourth-order valence-electron chi connectivity index (χ4n) is 3.20. The Kier molecular flexibility index (Phi) is 6.59. The zero-order chi connectivity index (χ0) is 18.6. The molecule has 1 aromatic carbocycles. The van der Waals surface area contributed by atoms with Crippen molar-refractivity contribution in [2.45, 2.75) is 45.1 Å². The predicted molar refractivity (Wildman–Crippen MR) is 99.2 cm³/mol. The van der Waals surface area contributed by atoms with Crippen molar-refractivity contribution in [2.75, 3.05) is 26.2 Å². The smallest absolute Gasteiger partial charge is 0.251 e. The molecule has 2 unspecified atom stereocenters. The Labute approximate surface area is 151 Å². The van der Waals surface area contributed by atoms with E-state index in [9.17, 15) is 13.2 Å². The molecular weight excluding hydrogens is 338 g/mol. The van der Waals surface area contributed by atoms with Crippen molar-refractivity contribution in [3.63, 3.8) is 0 Å². The van der Waals surface area contributed by atoms with Crippen LogP contribution in [-0.2, 0) is 10.0 Å². The van der Waals surface area contributed by atoms with Gasteiger partial charge in [0.25, 0.3) is 5.91 Å². The summed E-state index contributed by atoms with van der Waals surface area (Å²) >= 11 is 0. The van der Waals surface area contributed by atoms with Crippen LogP contribution >= 0.6 is 0 Å². The monoisotopic (exact) mass is 367 g/mol. The van der Waals surface area contributed by atoms with Gasteiger partial charge in [0.15, 0.2) is 0 Å². The van der Waals surface area contributed by atoms with Gasteiger partial charge < -0.3 is 10.6 Å². The predicted octanol–water partition coefficient (Wildman–Crippen LogP) is 1.75. The lowest BCUT2D eigenvalue weighted by Gasteiger charge is -2.30. The van der Waals surface area contributed by atoms with Gasteiger partial charge in [-0.2, -0.15) is 4.31 Å². The van der Waals surface area contributed by atoms with Crippen LogP contribution in [0.5, 0.6) is 0 Å². The van der Waals surface area contributed by atoms with Crippen LogP contribution in [0.15, 0.2) is 23.1 Å². The Bertz CT molecular complexity index is 714. The third-order valence-electron chi connectivity index (χ3n) is 4.88. The second-order valence-electron chi connectivity index (χ2n) is 6.62. The van der Waals surface area contributed by atoms with Crippen LogP contribution in [0.2, 0.25) is 0 Å². The van der Waals surface area contributed by atoms with Gasteiger partial charge in [-0.15, -0.1) is 0 Å². The summed E-state index contributed by atoms with van der Waals surface area (Å²) in [7, 11) is -3.59. The van der Waals surface area contributed by atoms with Crippen molar-refractivity contribution >= 4 is 15.9 Å². The number of amides is 1. The molecule has 0 aromatic heterocycles. The minimum Gasteiger partial charge on any atom is -0.349 e. The zero-order valence-electron chi connectivity index (χ0n) is 15.5. The second kappa shape index (κ2) is 8.29. The Balaban J connectivity index is 2.27. The van der Waals surface area contributed by atoms with Crippen molar-refractivity contribution < 1.29 is 13.2 Å². The minimum absolute atomic E-state index is 0.109. The van der Waals surface area contributed by atoms with E-state index in [0.29, 0.717) is 30.1 Å². The molecule has 25 heavy (non-hydrogen) atoms. The number of nitrogens with zero attached hydrogens (tertiary/aromatic N) is 1. The van der Waals surface area contributed by atoms with E-state index in [4.69, 9.17) is 0 Å². The third kappa shape index (κ3) is 4.40. The quantitative estimate of drug-likeness (QED) is 0.803. The van der Waals surface area contributed by atoms with Gasteiger partial charge in [-0.05, 0) is 50.0 Å². The first kappa shape index (κ1) is 19.9. The first-order chi connectivity index (χ1) is 11.8. The van der Waals surface area contributed by atoms with Gasteiger partial charge in [-0.3, -0.25) is 4.79 Å². The van der Waals surface area contributed by atoms with Crippen molar-refractivity contribution in [2.24, 2.45) is 5.92 Å². The van der Waals surface area contributed by atoms with Crippen LogP contribution in [0.3, 0.4) is 0 Å². The Morgan fingerprint density at radius 2 is 2.00 bits per heavy atom. The average Bonchev–Trinajstić information content (AvgIpc) is 2.58. The molecule has 1 aromatic rings. The van der Waals surface area contributed by atoms with Gasteiger partial charge in [0.1, 0.15) is 0 Å². The normalized spacial score (nSPS) is 21.3. The number of piperidine rings is 1. The number of hydrogen-bond donors (Lipinski definition) is 2. The topological polar surface area (TPSA) is 78.5 Å². The molecule has 1 saturated heterocycles. The summed E-state index contributed by atoms with van der Waals surface area (Å²) in [4.78, 5) is 12.8. The van der Waals surface area contributed by atoms with Gasteiger partial charge in [0.2, 0.25) is 10.0 Å². The highest BCUT2D eigenvalue weighted by Crippen LogP contribution is 2.22. The molecule has 2 atom stereocenters. The standard InChI is InChI=1S/C18H29N3O3S/c1-5-21(6-2)25(23,24)17-11-15(8-7-13(17)3)18(22)20-16-9-10-19-12-14(16)4/h7-8,11,14,16,19H,5-6,9-10,12H2,1-4H3,(H,20,22). The number of nitrogens with one attached hydrogen (secondary N) is 2. The van der Waals surface area contributed by atoms with E-state index in [1.54, 1.807) is 19.1 Å². The van der Waals surface area contributed by atoms with E-state index in [2.05, 4.69) is 17.6 Å². The maximum Gasteiger partial charge on any atom is 0.251 e. The second-order valence-corrected chi connectivity index (χ2v) is 8.53. The van der Waals surface area contributed by atoms with Crippen molar-refractivity contribution in [1.82, 2.24) is 14.9 Å². The van der Waals surface area contributed by atoms with Gasteiger partial charge in [-0.25, -0.2) is 8.42 Å². The van der Waals surface area contributed by atoms with E-state index in [1.165, 1.54) is 10.4 Å². The maximum atomic E-state index is 12.8. The fraction of sp³-hybridized carbons (Fsp3) is 0.611. The molecule has 0 saturated carbocycles. The number of sulfonamides is 1. The molecule has 0 aliphatic carbocycles. The van der Waals surface area contributed by atoms with Crippen LogP contribution in [-0.4, -0.2) is 50.9 Å². The summed E-state index contributed by atoms with van der Waals surface area (Å²) in [6, 6.07) is 5.01. The van der Waals surface area contributed by atoms with E-state index in [-0.39, 0.29) is 16.8 Å². The van der Waals surface area contributed by atoms with Crippen LogP contribution in [0.25, 0.3) is 0 Å². The Morgan fingerprint density at radius 1 is 1.32 bits per heavy atom. The fourth-order valence-corrected chi connectivity index (χ4v) is 4.91. The summed E-state index contributed by atoms with van der Waals surface area (Å²) in [5.74, 6) is 0.136. The first-order valence-electron chi connectivity index (χ1n) is 8.93. The highest BCUT2D eigenvalue weighted by atomic mass is 32.2. The molecular formula is C18H29N3O3S. The molecule has 1 aliphatic rings. The summed E-state index contributed by atoms with van der Waals surface area (Å²) in [6.45, 7) is 10.0. The molecule has 7 heteroatoms. The highest BCUT2D eigenvalue weighted by molar-refractivity contribution is 7.89. The van der Waals surface area contributed by atoms with Crippen molar-refractivity contribution in [3.05, 3.63) is 29.3 Å². The van der Waals surface area contributed by atoms with E-state index in [0.717, 1.165) is 19.5 Å². The molecule has 0 bridgehead atoms. The molecule has 0 radical (unpaired) electrons. The van der Waals surface area contributed by atoms with E-state index >= 15 is 0 Å². The lowest BCUT2D eigenvalue weighted by atomic mass is 9.95. The maximum absolute atomic E-state index is 12.8. The SMILES string of the molecule is CCN(CC)S(=O)(=O)c1cc(C(=O)NC2CCNCC2C)ccc1C. The van der Waals surface area contributed by atoms with E-state index < -0.39 is 10.0 Å². The van der Waals surface area contributed by atoms with Crippen molar-refractivity contribution in [1.29, 1.82) is 0 Å². The molecule has 1 fully saturated rings. The third-order valence-corrected chi connectivity index (χ3v) is 7.07. The molecule has 2 rings (SSSR count). The number of carbonyl (C=O) groups excluding carboxylic acids is 1. The summed E-state index contributed by atoms with van der Waals surface area (Å²) in [5, 5.41) is 6.36. The van der Waals surface area contributed by atoms with Gasteiger partial charge in [0, 0.05) is 24.7 Å². The molecule has 0 spiro atoms. The first-order valence-corrected chi connectivity index (χ1v) is 10.4. The lowest BCUT2D eigenvalue weighted by molar-refractivity contribution is 0.0914. The van der Waals surface area contributed by atoms with E-state index in [1.807, 2.05) is 13.8 Å². The largest absolute Gasteiger partial charge is 0.349 e. The lowest BCUT2D eigenvalue weighted by Crippen LogP contribution is -2.48. The molecule has 140 valence electrons. The number of benzene rings is 1. The van der Waals surface area contributed by atoms with Gasteiger partial charge in [0.05, 0.1) is 4.90 Å². The number of rotatable bonds is 6. The number of aryl methyl sites for hydroxylation is 1. The molecule has 1 amide bonds. The number of hydrogen-bond acceptors (Lipinski definition) is 4. The van der Waals surface area contributed by atoms with Gasteiger partial charge in [-0.1, -0.05) is 26.8 Å². The minimum atomic E-state index is -3.59. The van der Waals surface area contributed by atoms with Crippen molar-refractivity contribution in [3.8, 4) is 0 Å². The van der Waals surface area contributed by atoms with Crippen LogP contribution in [0, 0.1) is 12.8 Å². The van der Waals surface area contributed by atoms with Crippen LogP contribution < -0.4 is 10.6 Å². The molecule has 1 heterocycles. The summed E-state index contributed by atoms with van der Waals surface area (Å²) < 4.78 is 27.0. The molecule has 6 nitrogen and oxygen atoms in total. The Hall–Kier alpha value is -1.44. The molecule has 2 N–H and O–H groups in total.